The number of nitrogens with one attached hydrogen (secondary N) is 2. The molecule has 27 heavy (non-hydrogen) atoms. The van der Waals surface area contributed by atoms with E-state index in [9.17, 15) is 4.79 Å². The van der Waals surface area contributed by atoms with Gasteiger partial charge in [-0.25, -0.2) is 4.98 Å². The molecule has 2 aromatic rings. The van der Waals surface area contributed by atoms with Crippen LogP contribution in [0.25, 0.3) is 11.1 Å². The fraction of sp³-hybridized carbons (Fsp3) is 0.632. The highest BCUT2D eigenvalue weighted by Gasteiger charge is 2.33. The maximum atomic E-state index is 13.0. The van der Waals surface area contributed by atoms with Crippen LogP contribution in [-0.2, 0) is 4.74 Å². The second kappa shape index (κ2) is 8.99. The Morgan fingerprint density at radius 3 is 2.74 bits per heavy atom. The highest BCUT2D eigenvalue weighted by molar-refractivity contribution is 6.06. The van der Waals surface area contributed by atoms with Gasteiger partial charge in [0.2, 0.25) is 0 Å². The summed E-state index contributed by atoms with van der Waals surface area (Å²) in [5.74, 6) is 0.0835. The summed E-state index contributed by atoms with van der Waals surface area (Å²) in [6.45, 7) is 9.04. The second-order valence-electron chi connectivity index (χ2n) is 7.56. The van der Waals surface area contributed by atoms with E-state index in [1.807, 2.05) is 26.8 Å². The first kappa shape index (κ1) is 21.6. The van der Waals surface area contributed by atoms with Crippen LogP contribution in [0.3, 0.4) is 0 Å². The molecule has 1 aliphatic rings. The maximum Gasteiger partial charge on any atom is 0.259 e. The highest BCUT2D eigenvalue weighted by atomic mass is 35.5. The number of ether oxygens (including phenoxy) is 1. The Bertz CT molecular complexity index is 779. The predicted octanol–water partition coefficient (Wildman–Crippen LogP) is 2.82. The van der Waals surface area contributed by atoms with Crippen molar-refractivity contribution in [2.24, 2.45) is 5.41 Å². The Morgan fingerprint density at radius 1 is 1.41 bits per heavy atom. The number of piperidine rings is 1. The first-order valence-electron chi connectivity index (χ1n) is 9.20. The molecule has 8 heteroatoms. The molecule has 2 N–H and O–H groups in total. The number of pyridine rings is 1. The number of hydrogen-bond donors (Lipinski definition) is 2. The van der Waals surface area contributed by atoms with Crippen LogP contribution < -0.4 is 10.6 Å². The topological polar surface area (TPSA) is 89.3 Å². The fourth-order valence-corrected chi connectivity index (χ4v) is 3.59. The molecule has 1 aliphatic heterocycles. The SMILES string of the molecule is COCC1(CNC(=O)c2cc(C(C)C)nc3onc(C)c23)CCNCC1.Cl. The summed E-state index contributed by atoms with van der Waals surface area (Å²) in [7, 11) is 1.72. The predicted molar refractivity (Wildman–Crippen MR) is 107 cm³/mol. The molecule has 2 aromatic heterocycles. The zero-order chi connectivity index (χ0) is 18.7. The van der Waals surface area contributed by atoms with Gasteiger partial charge in [-0.05, 0) is 44.8 Å². The minimum Gasteiger partial charge on any atom is -0.384 e. The van der Waals surface area contributed by atoms with Crippen molar-refractivity contribution < 1.29 is 14.1 Å². The van der Waals surface area contributed by atoms with E-state index in [2.05, 4.69) is 20.8 Å². The largest absolute Gasteiger partial charge is 0.384 e. The highest BCUT2D eigenvalue weighted by Crippen LogP contribution is 2.29. The van der Waals surface area contributed by atoms with Gasteiger partial charge in [0.1, 0.15) is 0 Å². The monoisotopic (exact) mass is 396 g/mol. The molecule has 150 valence electrons. The summed E-state index contributed by atoms with van der Waals surface area (Å²) in [5, 5.41) is 11.2. The van der Waals surface area contributed by atoms with Crippen LogP contribution in [0.4, 0.5) is 0 Å². The van der Waals surface area contributed by atoms with E-state index in [-0.39, 0.29) is 29.6 Å². The lowest BCUT2D eigenvalue weighted by molar-refractivity contribution is 0.0512. The van der Waals surface area contributed by atoms with Crippen molar-refractivity contribution in [3.63, 3.8) is 0 Å². The van der Waals surface area contributed by atoms with Crippen molar-refractivity contribution in [3.8, 4) is 0 Å². The fourth-order valence-electron chi connectivity index (χ4n) is 3.59. The molecular formula is C19H29ClN4O3. The molecular weight excluding hydrogens is 368 g/mol. The first-order chi connectivity index (χ1) is 12.5. The van der Waals surface area contributed by atoms with E-state index in [4.69, 9.17) is 9.26 Å². The summed E-state index contributed by atoms with van der Waals surface area (Å²) in [6.07, 6.45) is 1.97. The van der Waals surface area contributed by atoms with Gasteiger partial charge in [0, 0.05) is 24.8 Å². The molecule has 1 saturated heterocycles. The lowest BCUT2D eigenvalue weighted by Gasteiger charge is -2.37. The Labute approximate surface area is 166 Å². The van der Waals surface area contributed by atoms with Crippen LogP contribution >= 0.6 is 12.4 Å². The van der Waals surface area contributed by atoms with E-state index >= 15 is 0 Å². The third kappa shape index (κ3) is 4.59. The molecule has 1 amide bonds. The van der Waals surface area contributed by atoms with E-state index in [1.165, 1.54) is 0 Å². The maximum absolute atomic E-state index is 13.0. The summed E-state index contributed by atoms with van der Waals surface area (Å²) < 4.78 is 10.7. The Kier molecular flexibility index (Phi) is 7.19. The normalized spacial score (nSPS) is 16.3. The molecule has 0 unspecified atom stereocenters. The Hall–Kier alpha value is -1.70. The van der Waals surface area contributed by atoms with Crippen LogP contribution in [-0.4, -0.2) is 49.4 Å². The smallest absolute Gasteiger partial charge is 0.259 e. The Balaban J connectivity index is 0.00000261. The number of amides is 1. The van der Waals surface area contributed by atoms with E-state index in [0.717, 1.165) is 31.6 Å². The number of nitrogens with zero attached hydrogens (tertiary/aromatic N) is 2. The van der Waals surface area contributed by atoms with Crippen molar-refractivity contribution in [1.82, 2.24) is 20.8 Å². The summed E-state index contributed by atoms with van der Waals surface area (Å²) in [5.41, 5.74) is 2.49. The zero-order valence-electron chi connectivity index (χ0n) is 16.4. The van der Waals surface area contributed by atoms with Crippen LogP contribution in [0.1, 0.15) is 54.4 Å². The minimum absolute atomic E-state index is 0. The van der Waals surface area contributed by atoms with E-state index < -0.39 is 0 Å². The third-order valence-corrected chi connectivity index (χ3v) is 5.21. The van der Waals surface area contributed by atoms with Gasteiger partial charge in [-0.15, -0.1) is 12.4 Å². The lowest BCUT2D eigenvalue weighted by Crippen LogP contribution is -2.47. The molecule has 0 aliphatic carbocycles. The molecule has 0 aromatic carbocycles. The summed E-state index contributed by atoms with van der Waals surface area (Å²) in [4.78, 5) is 17.5. The molecule has 0 spiro atoms. The molecule has 1 fully saturated rings. The minimum atomic E-state index is -0.111. The van der Waals surface area contributed by atoms with Gasteiger partial charge in [0.25, 0.3) is 11.6 Å². The van der Waals surface area contributed by atoms with Gasteiger partial charge in [0.15, 0.2) is 0 Å². The van der Waals surface area contributed by atoms with Gasteiger partial charge in [-0.3, -0.25) is 4.79 Å². The van der Waals surface area contributed by atoms with Crippen molar-refractivity contribution >= 4 is 29.4 Å². The molecule has 3 rings (SSSR count). The van der Waals surface area contributed by atoms with Gasteiger partial charge in [-0.2, -0.15) is 0 Å². The van der Waals surface area contributed by atoms with Crippen molar-refractivity contribution in [1.29, 1.82) is 0 Å². The number of rotatable bonds is 6. The van der Waals surface area contributed by atoms with Crippen LogP contribution in [0.15, 0.2) is 10.6 Å². The number of fused-ring (bicyclic) bond motifs is 1. The zero-order valence-corrected chi connectivity index (χ0v) is 17.2. The van der Waals surface area contributed by atoms with Crippen molar-refractivity contribution in [2.45, 2.75) is 39.5 Å². The van der Waals surface area contributed by atoms with Crippen LogP contribution in [0.2, 0.25) is 0 Å². The number of carbonyl (C=O) groups excluding carboxylic acids is 1. The number of aromatic nitrogens is 2. The van der Waals surface area contributed by atoms with E-state index in [0.29, 0.717) is 35.5 Å². The third-order valence-electron chi connectivity index (χ3n) is 5.21. The average molecular weight is 397 g/mol. The molecule has 3 heterocycles. The standard InChI is InChI=1S/C19H28N4O3.ClH/c1-12(2)15-9-14(16-13(3)23-26-18(16)22-15)17(24)21-10-19(11-25-4)5-7-20-8-6-19;/h9,12,20H,5-8,10-11H2,1-4H3,(H,21,24);1H. The van der Waals surface area contributed by atoms with Crippen molar-refractivity contribution in [3.05, 3.63) is 23.0 Å². The number of hydrogen-bond acceptors (Lipinski definition) is 6. The number of methoxy groups -OCH3 is 1. The molecule has 0 radical (unpaired) electrons. The van der Waals surface area contributed by atoms with Gasteiger partial charge < -0.3 is 19.9 Å². The quantitative estimate of drug-likeness (QED) is 0.780. The second-order valence-corrected chi connectivity index (χ2v) is 7.56. The summed E-state index contributed by atoms with van der Waals surface area (Å²) in [6, 6.07) is 1.86. The average Bonchev–Trinajstić information content (AvgIpc) is 3.01. The van der Waals surface area contributed by atoms with Crippen molar-refractivity contribution in [2.75, 3.05) is 33.4 Å². The Morgan fingerprint density at radius 2 is 2.11 bits per heavy atom. The molecule has 0 saturated carbocycles. The van der Waals surface area contributed by atoms with Crippen LogP contribution in [0, 0.1) is 12.3 Å². The lowest BCUT2D eigenvalue weighted by atomic mass is 9.79. The van der Waals surface area contributed by atoms with Crippen LogP contribution in [0.5, 0.6) is 0 Å². The van der Waals surface area contributed by atoms with Gasteiger partial charge in [-0.1, -0.05) is 19.0 Å². The van der Waals surface area contributed by atoms with Gasteiger partial charge in [0.05, 0.1) is 23.3 Å². The summed E-state index contributed by atoms with van der Waals surface area (Å²) >= 11 is 0. The van der Waals surface area contributed by atoms with E-state index in [1.54, 1.807) is 7.11 Å². The first-order valence-corrected chi connectivity index (χ1v) is 9.20. The number of halogens is 1. The molecule has 0 atom stereocenters. The molecule has 7 nitrogen and oxygen atoms in total. The molecule has 0 bridgehead atoms. The number of carbonyl (C=O) groups is 1. The van der Waals surface area contributed by atoms with Gasteiger partial charge >= 0.3 is 0 Å². The number of aryl methyl sites for hydroxylation is 1.